The number of nitrogens with zero attached hydrogens (tertiary/aromatic N) is 3. The number of halogens is 3. The Morgan fingerprint density at radius 3 is 2.13 bits per heavy atom. The van der Waals surface area contributed by atoms with Crippen LogP contribution in [0.3, 0.4) is 0 Å². The summed E-state index contributed by atoms with van der Waals surface area (Å²) < 4.78 is 1.77. The summed E-state index contributed by atoms with van der Waals surface area (Å²) in [5.41, 5.74) is 5.18. The minimum absolute atomic E-state index is 0.547. The van der Waals surface area contributed by atoms with Gasteiger partial charge in [0.25, 0.3) is 0 Å². The monoisotopic (exact) mass is 464 g/mol. The van der Waals surface area contributed by atoms with Crippen molar-refractivity contribution >= 4 is 52.0 Å². The normalized spacial score (nSPS) is 11.1. The first-order valence-electron chi connectivity index (χ1n) is 9.50. The fourth-order valence-electron chi connectivity index (χ4n) is 3.42. The minimum Gasteiger partial charge on any atom is -0.340 e. The Labute approximate surface area is 194 Å². The summed E-state index contributed by atoms with van der Waals surface area (Å²) in [6.45, 7) is 0. The van der Waals surface area contributed by atoms with Crippen LogP contribution in [0.2, 0.25) is 15.1 Å². The maximum Gasteiger partial charge on any atom is 0.165 e. The van der Waals surface area contributed by atoms with E-state index in [4.69, 9.17) is 39.8 Å². The number of rotatable bonds is 4. The van der Waals surface area contributed by atoms with Crippen molar-refractivity contribution in [3.63, 3.8) is 0 Å². The highest BCUT2D eigenvalue weighted by Crippen LogP contribution is 2.32. The van der Waals surface area contributed by atoms with E-state index in [0.29, 0.717) is 15.1 Å². The molecule has 7 heteroatoms. The molecule has 1 N–H and O–H groups in total. The van der Waals surface area contributed by atoms with Crippen LogP contribution >= 0.6 is 34.8 Å². The molecule has 0 aliphatic rings. The highest BCUT2D eigenvalue weighted by atomic mass is 35.5. The number of nitrogens with one attached hydrogen (secondary N) is 1. The zero-order valence-corrected chi connectivity index (χ0v) is 18.3. The van der Waals surface area contributed by atoms with E-state index in [1.165, 1.54) is 0 Å². The van der Waals surface area contributed by atoms with Crippen LogP contribution in [0.4, 0.5) is 11.5 Å². The third-order valence-electron chi connectivity index (χ3n) is 4.83. The molecule has 152 valence electrons. The third kappa shape index (κ3) is 4.10. The van der Waals surface area contributed by atoms with Gasteiger partial charge in [0.15, 0.2) is 5.65 Å². The van der Waals surface area contributed by atoms with E-state index in [2.05, 4.69) is 10.4 Å². The topological polar surface area (TPSA) is 42.2 Å². The Morgan fingerprint density at radius 2 is 1.42 bits per heavy atom. The molecule has 31 heavy (non-hydrogen) atoms. The molecule has 5 aromatic rings. The quantitative estimate of drug-likeness (QED) is 0.295. The number of hydrogen-bond donors (Lipinski definition) is 1. The zero-order chi connectivity index (χ0) is 21.4. The number of anilines is 2. The van der Waals surface area contributed by atoms with Crippen LogP contribution in [0, 0.1) is 0 Å². The molecule has 0 spiro atoms. The second-order valence-corrected chi connectivity index (χ2v) is 8.29. The van der Waals surface area contributed by atoms with Gasteiger partial charge < -0.3 is 5.32 Å². The van der Waals surface area contributed by atoms with Crippen molar-refractivity contribution in [2.45, 2.75) is 0 Å². The van der Waals surface area contributed by atoms with E-state index in [1.807, 2.05) is 72.8 Å². The van der Waals surface area contributed by atoms with Crippen LogP contribution in [0.15, 0.2) is 85.1 Å². The van der Waals surface area contributed by atoms with Gasteiger partial charge in [-0.1, -0.05) is 77.3 Å². The zero-order valence-electron chi connectivity index (χ0n) is 16.1. The average molecular weight is 466 g/mol. The first-order valence-corrected chi connectivity index (χ1v) is 10.6. The van der Waals surface area contributed by atoms with Crippen LogP contribution in [-0.4, -0.2) is 14.6 Å². The van der Waals surface area contributed by atoms with E-state index < -0.39 is 0 Å². The molecule has 0 aliphatic heterocycles. The first-order chi connectivity index (χ1) is 15.1. The predicted molar refractivity (Wildman–Crippen MR) is 129 cm³/mol. The fourth-order valence-corrected chi connectivity index (χ4v) is 4.07. The number of hydrogen-bond acceptors (Lipinski definition) is 3. The van der Waals surface area contributed by atoms with E-state index in [0.717, 1.165) is 39.5 Å². The van der Waals surface area contributed by atoms with Crippen LogP contribution in [0.5, 0.6) is 0 Å². The van der Waals surface area contributed by atoms with Crippen molar-refractivity contribution < 1.29 is 0 Å². The van der Waals surface area contributed by atoms with Gasteiger partial charge in [0.1, 0.15) is 5.82 Å². The molecule has 0 saturated heterocycles. The van der Waals surface area contributed by atoms with E-state index >= 15 is 0 Å². The number of benzene rings is 3. The summed E-state index contributed by atoms with van der Waals surface area (Å²) in [6.07, 6.45) is 1.80. The molecule has 2 heterocycles. The van der Waals surface area contributed by atoms with Gasteiger partial charge in [-0.25, -0.2) is 4.98 Å². The maximum atomic E-state index is 6.19. The fraction of sp³-hybridized carbons (Fsp3) is 0. The lowest BCUT2D eigenvalue weighted by Crippen LogP contribution is -2.02. The molecule has 0 amide bonds. The Hall–Kier alpha value is -3.05. The lowest BCUT2D eigenvalue weighted by atomic mass is 10.1. The molecule has 0 atom stereocenters. The molecule has 0 aliphatic carbocycles. The second-order valence-electron chi connectivity index (χ2n) is 6.98. The molecule has 0 unspecified atom stereocenters. The van der Waals surface area contributed by atoms with Crippen molar-refractivity contribution in [2.75, 3.05) is 5.32 Å². The second kappa shape index (κ2) is 8.23. The lowest BCUT2D eigenvalue weighted by molar-refractivity contribution is 0.949. The molecule has 0 saturated carbocycles. The molecule has 4 nitrogen and oxygen atoms in total. The smallest absolute Gasteiger partial charge is 0.165 e. The largest absolute Gasteiger partial charge is 0.340 e. The summed E-state index contributed by atoms with van der Waals surface area (Å²) in [7, 11) is 0. The van der Waals surface area contributed by atoms with Crippen LogP contribution in [0.25, 0.3) is 28.0 Å². The molecular weight excluding hydrogens is 451 g/mol. The lowest BCUT2D eigenvalue weighted by Gasteiger charge is -2.12. The average Bonchev–Trinajstić information content (AvgIpc) is 3.18. The van der Waals surface area contributed by atoms with E-state index in [9.17, 15) is 0 Å². The number of fused-ring (bicyclic) bond motifs is 1. The van der Waals surface area contributed by atoms with Gasteiger partial charge in [-0.15, -0.1) is 0 Å². The number of aromatic nitrogens is 3. The van der Waals surface area contributed by atoms with Gasteiger partial charge in [0.2, 0.25) is 0 Å². The van der Waals surface area contributed by atoms with Crippen molar-refractivity contribution in [1.29, 1.82) is 0 Å². The van der Waals surface area contributed by atoms with Crippen molar-refractivity contribution in [3.8, 4) is 22.4 Å². The molecule has 0 bridgehead atoms. The molecule has 0 radical (unpaired) electrons. The van der Waals surface area contributed by atoms with Crippen LogP contribution in [0.1, 0.15) is 0 Å². The van der Waals surface area contributed by atoms with Gasteiger partial charge in [0, 0.05) is 37.9 Å². The Kier molecular flexibility index (Phi) is 5.28. The molecular formula is C24H15Cl3N4. The standard InChI is InChI=1S/C24H15Cl3N4/c25-17-8-6-15(7-9-17)21-14-28-31-23(29-20-11-18(26)10-19(27)12-20)13-22(30-24(21)31)16-4-2-1-3-5-16/h1-14,29H. The SMILES string of the molecule is Clc1ccc(-c2cnn3c(Nc4cc(Cl)cc(Cl)c4)cc(-c4ccccc4)nc23)cc1. The van der Waals surface area contributed by atoms with Gasteiger partial charge in [-0.3, -0.25) is 0 Å². The van der Waals surface area contributed by atoms with Gasteiger partial charge >= 0.3 is 0 Å². The maximum absolute atomic E-state index is 6.19. The van der Waals surface area contributed by atoms with Crippen molar-refractivity contribution in [2.24, 2.45) is 0 Å². The van der Waals surface area contributed by atoms with Gasteiger partial charge in [-0.05, 0) is 35.9 Å². The Balaban J connectivity index is 1.70. The van der Waals surface area contributed by atoms with Crippen LogP contribution < -0.4 is 5.32 Å². The van der Waals surface area contributed by atoms with E-state index in [-0.39, 0.29) is 0 Å². The molecule has 2 aromatic heterocycles. The summed E-state index contributed by atoms with van der Waals surface area (Å²) >= 11 is 18.4. The first kappa shape index (κ1) is 19.9. The van der Waals surface area contributed by atoms with Crippen molar-refractivity contribution in [3.05, 3.63) is 100 Å². The third-order valence-corrected chi connectivity index (χ3v) is 5.52. The van der Waals surface area contributed by atoms with Gasteiger partial charge in [-0.2, -0.15) is 9.61 Å². The Morgan fingerprint density at radius 1 is 0.710 bits per heavy atom. The molecule has 0 fully saturated rings. The van der Waals surface area contributed by atoms with Crippen molar-refractivity contribution in [1.82, 2.24) is 14.6 Å². The Bertz CT molecular complexity index is 1360. The summed E-state index contributed by atoms with van der Waals surface area (Å²) in [5.74, 6) is 0.738. The molecule has 5 rings (SSSR count). The minimum atomic E-state index is 0.547. The summed E-state index contributed by atoms with van der Waals surface area (Å²) in [5, 5.41) is 9.74. The highest BCUT2D eigenvalue weighted by Gasteiger charge is 2.15. The summed E-state index contributed by atoms with van der Waals surface area (Å²) in [6, 6.07) is 24.9. The highest BCUT2D eigenvalue weighted by molar-refractivity contribution is 6.35. The van der Waals surface area contributed by atoms with E-state index in [1.54, 1.807) is 16.8 Å². The molecule has 3 aromatic carbocycles. The van der Waals surface area contributed by atoms with Gasteiger partial charge in [0.05, 0.1) is 11.9 Å². The van der Waals surface area contributed by atoms with Crippen LogP contribution in [-0.2, 0) is 0 Å². The summed E-state index contributed by atoms with van der Waals surface area (Å²) in [4.78, 5) is 4.92. The predicted octanol–water partition coefficient (Wildman–Crippen LogP) is 7.77.